The van der Waals surface area contributed by atoms with Crippen molar-refractivity contribution in [1.82, 2.24) is 5.32 Å². The molecule has 1 heterocycles. The standard InChI is InChI=1S/C18H21NO8/c1-19-16(24)26-17(9-20)14(22)13(21)15(23)18(25,27-17)12-8-4-6-10-5-2-3-7-11(10)12/h2-8,13-15,20-23,25H,9H2,1H3,(H,19,24)/t13-,14-,15+,17+,18+/m0/s1. The summed E-state index contributed by atoms with van der Waals surface area (Å²) in [5, 5.41) is 55.3. The second-order valence-electron chi connectivity index (χ2n) is 6.31. The minimum Gasteiger partial charge on any atom is -0.411 e. The van der Waals surface area contributed by atoms with Gasteiger partial charge in [-0.1, -0.05) is 42.5 Å². The van der Waals surface area contributed by atoms with Crippen LogP contribution in [0.25, 0.3) is 10.8 Å². The Morgan fingerprint density at radius 2 is 1.81 bits per heavy atom. The van der Waals surface area contributed by atoms with Crippen LogP contribution in [0.5, 0.6) is 0 Å². The van der Waals surface area contributed by atoms with Gasteiger partial charge in [-0.3, -0.25) is 4.74 Å². The molecule has 1 fully saturated rings. The molecule has 1 saturated heterocycles. The number of carbonyl (C=O) groups excluding carboxylic acids is 1. The fourth-order valence-corrected chi connectivity index (χ4v) is 3.25. The van der Waals surface area contributed by atoms with E-state index in [1.165, 1.54) is 13.1 Å². The molecule has 0 unspecified atom stereocenters. The summed E-state index contributed by atoms with van der Waals surface area (Å²) in [4.78, 5) is 11.7. The average Bonchev–Trinajstić information content (AvgIpc) is 2.69. The van der Waals surface area contributed by atoms with Gasteiger partial charge in [0, 0.05) is 12.6 Å². The summed E-state index contributed by atoms with van der Waals surface area (Å²) in [7, 11) is 1.24. The van der Waals surface area contributed by atoms with E-state index in [0.29, 0.717) is 10.8 Å². The van der Waals surface area contributed by atoms with E-state index in [1.54, 1.807) is 36.4 Å². The van der Waals surface area contributed by atoms with Crippen LogP contribution in [0.2, 0.25) is 0 Å². The number of aliphatic hydroxyl groups excluding tert-OH is 4. The summed E-state index contributed by atoms with van der Waals surface area (Å²) in [6.07, 6.45) is -7.08. The van der Waals surface area contributed by atoms with Gasteiger partial charge < -0.3 is 35.6 Å². The van der Waals surface area contributed by atoms with Crippen molar-refractivity contribution in [2.45, 2.75) is 29.9 Å². The Balaban J connectivity index is 2.16. The highest BCUT2D eigenvalue weighted by Crippen LogP contribution is 2.43. The number of rotatable bonds is 3. The highest BCUT2D eigenvalue weighted by molar-refractivity contribution is 5.86. The largest absolute Gasteiger partial charge is 0.411 e. The van der Waals surface area contributed by atoms with Gasteiger partial charge in [-0.25, -0.2) is 4.79 Å². The zero-order valence-electron chi connectivity index (χ0n) is 14.4. The molecule has 2 aromatic carbocycles. The van der Waals surface area contributed by atoms with E-state index in [0.717, 1.165) is 0 Å². The number of alkyl carbamates (subject to hydrolysis) is 1. The molecule has 0 aliphatic carbocycles. The highest BCUT2D eigenvalue weighted by atomic mass is 16.8. The lowest BCUT2D eigenvalue weighted by atomic mass is 9.84. The first-order valence-corrected chi connectivity index (χ1v) is 8.25. The van der Waals surface area contributed by atoms with Crippen LogP contribution >= 0.6 is 0 Å². The zero-order chi connectivity index (χ0) is 19.8. The Morgan fingerprint density at radius 1 is 1.15 bits per heavy atom. The maximum atomic E-state index is 11.7. The lowest BCUT2D eigenvalue weighted by Gasteiger charge is -2.50. The molecule has 0 aromatic heterocycles. The molecule has 1 aliphatic heterocycles. The molecule has 0 bridgehead atoms. The number of aliphatic hydroxyl groups is 5. The molecule has 2 aromatic rings. The van der Waals surface area contributed by atoms with Gasteiger partial charge in [0.2, 0.25) is 5.79 Å². The summed E-state index contributed by atoms with van der Waals surface area (Å²) in [5.41, 5.74) is 0.0670. The molecule has 146 valence electrons. The minimum absolute atomic E-state index is 0.0670. The molecule has 1 amide bonds. The third-order valence-corrected chi connectivity index (χ3v) is 4.69. The molecule has 5 atom stereocenters. The summed E-state index contributed by atoms with van der Waals surface area (Å²) >= 11 is 0. The topological polar surface area (TPSA) is 149 Å². The van der Waals surface area contributed by atoms with Crippen LogP contribution in [0.3, 0.4) is 0 Å². The van der Waals surface area contributed by atoms with Gasteiger partial charge in [0.15, 0.2) is 6.10 Å². The van der Waals surface area contributed by atoms with E-state index in [4.69, 9.17) is 9.47 Å². The third kappa shape index (κ3) is 3.04. The first-order chi connectivity index (χ1) is 12.8. The van der Waals surface area contributed by atoms with E-state index < -0.39 is 42.6 Å². The van der Waals surface area contributed by atoms with Crippen molar-refractivity contribution in [3.05, 3.63) is 48.0 Å². The number of hydrogen-bond acceptors (Lipinski definition) is 8. The summed E-state index contributed by atoms with van der Waals surface area (Å²) in [6, 6.07) is 11.7. The number of fused-ring (bicyclic) bond motifs is 1. The second-order valence-corrected chi connectivity index (χ2v) is 6.31. The Hall–Kier alpha value is -2.27. The van der Waals surface area contributed by atoms with Crippen molar-refractivity contribution in [2.24, 2.45) is 0 Å². The van der Waals surface area contributed by atoms with E-state index in [1.807, 2.05) is 0 Å². The Bertz CT molecular complexity index is 840. The molecular weight excluding hydrogens is 358 g/mol. The van der Waals surface area contributed by atoms with Crippen LogP contribution in [0, 0.1) is 0 Å². The van der Waals surface area contributed by atoms with E-state index in [2.05, 4.69) is 5.32 Å². The third-order valence-electron chi connectivity index (χ3n) is 4.69. The summed E-state index contributed by atoms with van der Waals surface area (Å²) in [5.74, 6) is -5.10. The van der Waals surface area contributed by atoms with Gasteiger partial charge in [-0.2, -0.15) is 0 Å². The van der Waals surface area contributed by atoms with Crippen LogP contribution in [-0.4, -0.2) is 69.4 Å². The molecule has 0 radical (unpaired) electrons. The maximum absolute atomic E-state index is 11.7. The second kappa shape index (κ2) is 7.04. The van der Waals surface area contributed by atoms with E-state index in [-0.39, 0.29) is 5.56 Å². The van der Waals surface area contributed by atoms with Gasteiger partial charge >= 0.3 is 6.09 Å². The van der Waals surface area contributed by atoms with Crippen LogP contribution in [-0.2, 0) is 15.3 Å². The van der Waals surface area contributed by atoms with Crippen molar-refractivity contribution in [3.8, 4) is 0 Å². The molecule has 27 heavy (non-hydrogen) atoms. The van der Waals surface area contributed by atoms with Gasteiger partial charge in [0.05, 0.1) is 0 Å². The number of ether oxygens (including phenoxy) is 2. The van der Waals surface area contributed by atoms with Crippen molar-refractivity contribution in [2.75, 3.05) is 13.7 Å². The molecule has 9 heteroatoms. The predicted molar refractivity (Wildman–Crippen MR) is 92.3 cm³/mol. The Kier molecular flexibility index (Phi) is 5.08. The van der Waals surface area contributed by atoms with Crippen molar-refractivity contribution in [3.63, 3.8) is 0 Å². The van der Waals surface area contributed by atoms with Crippen LogP contribution in [0.4, 0.5) is 4.79 Å². The van der Waals surface area contributed by atoms with Crippen LogP contribution < -0.4 is 5.32 Å². The maximum Gasteiger partial charge on any atom is 0.409 e. The van der Waals surface area contributed by atoms with Crippen molar-refractivity contribution >= 4 is 16.9 Å². The number of benzene rings is 2. The fourth-order valence-electron chi connectivity index (χ4n) is 3.25. The first-order valence-electron chi connectivity index (χ1n) is 8.25. The zero-order valence-corrected chi connectivity index (χ0v) is 14.4. The van der Waals surface area contributed by atoms with Gasteiger partial charge in [-0.15, -0.1) is 0 Å². The molecule has 9 nitrogen and oxygen atoms in total. The first kappa shape index (κ1) is 19.5. The highest BCUT2D eigenvalue weighted by Gasteiger charge is 2.63. The van der Waals surface area contributed by atoms with Gasteiger partial charge in [-0.05, 0) is 10.8 Å². The predicted octanol–water partition coefficient (Wildman–Crippen LogP) is -0.858. The molecule has 6 N–H and O–H groups in total. The normalized spacial score (nSPS) is 33.6. The number of carbonyl (C=O) groups is 1. The monoisotopic (exact) mass is 379 g/mol. The average molecular weight is 379 g/mol. The van der Waals surface area contributed by atoms with Crippen molar-refractivity contribution in [1.29, 1.82) is 0 Å². The molecule has 1 aliphatic rings. The Morgan fingerprint density at radius 3 is 2.48 bits per heavy atom. The minimum atomic E-state index is -2.59. The lowest BCUT2D eigenvalue weighted by Crippen LogP contribution is -2.71. The number of nitrogens with one attached hydrogen (secondary N) is 1. The van der Waals surface area contributed by atoms with Gasteiger partial charge in [0.1, 0.15) is 18.8 Å². The Labute approximate surface area is 154 Å². The van der Waals surface area contributed by atoms with E-state index in [9.17, 15) is 30.3 Å². The fraction of sp³-hybridized carbons (Fsp3) is 0.389. The number of amides is 1. The van der Waals surface area contributed by atoms with Crippen molar-refractivity contribution < 1.29 is 39.8 Å². The smallest absolute Gasteiger partial charge is 0.409 e. The quantitative estimate of drug-likeness (QED) is 0.404. The van der Waals surface area contributed by atoms with Crippen LogP contribution in [0.1, 0.15) is 5.56 Å². The molecular formula is C18H21NO8. The molecule has 0 spiro atoms. The molecule has 3 rings (SSSR count). The van der Waals surface area contributed by atoms with Gasteiger partial charge in [0.25, 0.3) is 5.79 Å². The van der Waals surface area contributed by atoms with Crippen LogP contribution in [0.15, 0.2) is 42.5 Å². The SMILES string of the molecule is CNC(=O)O[C@]1(CO)O[C@](O)(c2cccc3ccccc23)[C@H](O)[C@@H](O)[C@@H]1O. The lowest BCUT2D eigenvalue weighted by molar-refractivity contribution is -0.437. The summed E-state index contributed by atoms with van der Waals surface area (Å²) in [6.45, 7) is -1.08. The summed E-state index contributed by atoms with van der Waals surface area (Å²) < 4.78 is 10.4. The molecule has 0 saturated carbocycles. The number of hydrogen-bond donors (Lipinski definition) is 6. The van der Waals surface area contributed by atoms with E-state index >= 15 is 0 Å².